The van der Waals surface area contributed by atoms with E-state index >= 15 is 0 Å². The summed E-state index contributed by atoms with van der Waals surface area (Å²) in [5.74, 6) is -3.32. The van der Waals surface area contributed by atoms with Gasteiger partial charge in [-0.3, -0.25) is 14.4 Å². The monoisotopic (exact) mass is 310 g/mol. The van der Waals surface area contributed by atoms with Gasteiger partial charge < -0.3 is 10.6 Å². The molecule has 2 N–H and O–H groups in total. The Morgan fingerprint density at radius 2 is 1.30 bits per heavy atom. The molecule has 114 valence electrons. The zero-order valence-electron chi connectivity index (χ0n) is 11.7. The van der Waals surface area contributed by atoms with Gasteiger partial charge in [-0.25, -0.2) is 4.79 Å². The Morgan fingerprint density at radius 1 is 0.826 bits per heavy atom. The summed E-state index contributed by atoms with van der Waals surface area (Å²) < 4.78 is 0. The van der Waals surface area contributed by atoms with Gasteiger partial charge >= 0.3 is 5.97 Å². The van der Waals surface area contributed by atoms with Gasteiger partial charge in [0.05, 0.1) is 22.3 Å². The topological polar surface area (TPSA) is 107 Å². The first-order valence-electron chi connectivity index (χ1n) is 6.59. The maximum Gasteiger partial charge on any atom is 0.364 e. The van der Waals surface area contributed by atoms with Crippen LogP contribution in [0.5, 0.6) is 0 Å². The smallest absolute Gasteiger partial charge is 0.364 e. The van der Waals surface area contributed by atoms with E-state index in [1.54, 1.807) is 12.1 Å². The Morgan fingerprint density at radius 3 is 1.83 bits per heavy atom. The minimum atomic E-state index is -1.02. The SMILES string of the molecule is NC(=O)c1ccccc1C(=O)ON1C(=O)c2ccccc2C1=O. The number of hydrogen-bond donors (Lipinski definition) is 1. The van der Waals surface area contributed by atoms with Crippen LogP contribution < -0.4 is 5.73 Å². The van der Waals surface area contributed by atoms with Crippen molar-refractivity contribution in [2.45, 2.75) is 0 Å². The molecule has 2 aromatic rings. The van der Waals surface area contributed by atoms with Crippen LogP contribution in [0.3, 0.4) is 0 Å². The Kier molecular flexibility index (Phi) is 3.38. The van der Waals surface area contributed by atoms with E-state index in [1.165, 1.54) is 36.4 Å². The molecule has 7 nitrogen and oxygen atoms in total. The number of hydrogen-bond acceptors (Lipinski definition) is 5. The van der Waals surface area contributed by atoms with Crippen molar-refractivity contribution in [1.82, 2.24) is 5.06 Å². The van der Waals surface area contributed by atoms with E-state index in [0.717, 1.165) is 0 Å². The van der Waals surface area contributed by atoms with E-state index in [9.17, 15) is 19.2 Å². The number of primary amides is 1. The zero-order chi connectivity index (χ0) is 16.6. The molecular formula is C16H10N2O5. The fourth-order valence-electron chi connectivity index (χ4n) is 2.26. The van der Waals surface area contributed by atoms with Crippen molar-refractivity contribution in [2.75, 3.05) is 0 Å². The minimum absolute atomic E-state index is 0.0610. The summed E-state index contributed by atoms with van der Waals surface area (Å²) in [5, 5.41) is 0.380. The van der Waals surface area contributed by atoms with Crippen molar-refractivity contribution < 1.29 is 24.0 Å². The highest BCUT2D eigenvalue weighted by molar-refractivity contribution is 6.21. The molecule has 0 atom stereocenters. The maximum absolute atomic E-state index is 12.2. The Hall–Kier alpha value is -3.48. The zero-order valence-corrected chi connectivity index (χ0v) is 11.7. The summed E-state index contributed by atoms with van der Waals surface area (Å²) in [5.41, 5.74) is 5.29. The van der Waals surface area contributed by atoms with Crippen molar-refractivity contribution in [3.63, 3.8) is 0 Å². The highest BCUT2D eigenvalue weighted by atomic mass is 16.7. The molecule has 1 aliphatic rings. The molecule has 0 unspecified atom stereocenters. The molecule has 1 heterocycles. The number of carbonyl (C=O) groups is 4. The number of nitrogens with zero attached hydrogens (tertiary/aromatic N) is 1. The van der Waals surface area contributed by atoms with Gasteiger partial charge in [0.2, 0.25) is 5.91 Å². The first kappa shape index (κ1) is 14.5. The summed E-state index contributed by atoms with van der Waals surface area (Å²) in [7, 11) is 0. The molecule has 0 radical (unpaired) electrons. The van der Waals surface area contributed by atoms with Crippen LogP contribution in [0.25, 0.3) is 0 Å². The second kappa shape index (κ2) is 5.38. The van der Waals surface area contributed by atoms with Gasteiger partial charge in [-0.15, -0.1) is 0 Å². The van der Waals surface area contributed by atoms with Crippen LogP contribution in [0.2, 0.25) is 0 Å². The number of fused-ring (bicyclic) bond motifs is 1. The third-order valence-electron chi connectivity index (χ3n) is 3.34. The second-order valence-corrected chi connectivity index (χ2v) is 4.74. The van der Waals surface area contributed by atoms with Crippen LogP contribution in [0.4, 0.5) is 0 Å². The highest BCUT2D eigenvalue weighted by Crippen LogP contribution is 2.23. The number of rotatable bonds is 3. The first-order valence-corrected chi connectivity index (χ1v) is 6.59. The van der Waals surface area contributed by atoms with Gasteiger partial charge in [-0.05, 0) is 24.3 Å². The van der Waals surface area contributed by atoms with Gasteiger partial charge in [-0.1, -0.05) is 29.3 Å². The second-order valence-electron chi connectivity index (χ2n) is 4.74. The normalized spacial score (nSPS) is 13.0. The summed E-state index contributed by atoms with van der Waals surface area (Å²) in [6.07, 6.45) is 0. The Labute approximate surface area is 130 Å². The molecule has 0 aromatic heterocycles. The number of nitrogens with two attached hydrogens (primary N) is 1. The third-order valence-corrected chi connectivity index (χ3v) is 3.34. The fourth-order valence-corrected chi connectivity index (χ4v) is 2.26. The van der Waals surface area contributed by atoms with Crippen molar-refractivity contribution >= 4 is 23.7 Å². The van der Waals surface area contributed by atoms with Crippen LogP contribution in [0.15, 0.2) is 48.5 Å². The summed E-state index contributed by atoms with van der Waals surface area (Å²) in [6.45, 7) is 0. The largest absolute Gasteiger partial charge is 0.366 e. The lowest BCUT2D eigenvalue weighted by molar-refractivity contribution is -0.0585. The van der Waals surface area contributed by atoms with Crippen LogP contribution >= 0.6 is 0 Å². The lowest BCUT2D eigenvalue weighted by atomic mass is 10.1. The van der Waals surface area contributed by atoms with Crippen LogP contribution in [-0.4, -0.2) is 28.8 Å². The van der Waals surface area contributed by atoms with E-state index in [-0.39, 0.29) is 22.3 Å². The van der Waals surface area contributed by atoms with Gasteiger partial charge in [0.1, 0.15) is 0 Å². The average Bonchev–Trinajstić information content (AvgIpc) is 2.80. The van der Waals surface area contributed by atoms with Crippen molar-refractivity contribution in [3.05, 3.63) is 70.8 Å². The van der Waals surface area contributed by atoms with Crippen molar-refractivity contribution in [1.29, 1.82) is 0 Å². The van der Waals surface area contributed by atoms with E-state index in [4.69, 9.17) is 10.6 Å². The van der Waals surface area contributed by atoms with Gasteiger partial charge in [0.25, 0.3) is 11.8 Å². The first-order chi connectivity index (χ1) is 11.0. The van der Waals surface area contributed by atoms with Crippen molar-refractivity contribution in [3.8, 4) is 0 Å². The Balaban J connectivity index is 1.90. The maximum atomic E-state index is 12.2. The predicted molar refractivity (Wildman–Crippen MR) is 77.3 cm³/mol. The standard InChI is InChI=1S/C16H10N2O5/c17-13(19)9-5-1-4-8-12(9)16(22)23-18-14(20)10-6-2-3-7-11(10)15(18)21/h1-8H,(H2,17,19). The van der Waals surface area contributed by atoms with Crippen LogP contribution in [0.1, 0.15) is 41.4 Å². The molecule has 0 spiro atoms. The summed E-state index contributed by atoms with van der Waals surface area (Å²) in [6, 6.07) is 11.8. The molecule has 0 saturated heterocycles. The molecule has 7 heteroatoms. The molecule has 0 fully saturated rings. The molecule has 0 bridgehead atoms. The molecule has 0 aliphatic carbocycles. The highest BCUT2D eigenvalue weighted by Gasteiger charge is 2.39. The summed E-state index contributed by atoms with van der Waals surface area (Å²) in [4.78, 5) is 52.7. The van der Waals surface area contributed by atoms with Crippen LogP contribution in [-0.2, 0) is 4.84 Å². The number of amides is 3. The van der Waals surface area contributed by atoms with E-state index in [2.05, 4.69) is 0 Å². The molecule has 23 heavy (non-hydrogen) atoms. The quantitative estimate of drug-likeness (QED) is 0.856. The molecule has 3 rings (SSSR count). The lowest BCUT2D eigenvalue weighted by Gasteiger charge is -2.13. The van der Waals surface area contributed by atoms with Crippen LogP contribution in [0, 0.1) is 0 Å². The minimum Gasteiger partial charge on any atom is -0.366 e. The molecular weight excluding hydrogens is 300 g/mol. The number of carbonyl (C=O) groups excluding carboxylic acids is 4. The lowest BCUT2D eigenvalue weighted by Crippen LogP contribution is -2.33. The Bertz CT molecular complexity index is 824. The average molecular weight is 310 g/mol. The number of hydroxylamine groups is 2. The van der Waals surface area contributed by atoms with E-state index < -0.39 is 23.7 Å². The van der Waals surface area contributed by atoms with Gasteiger partial charge in [-0.2, -0.15) is 0 Å². The number of imide groups is 1. The van der Waals surface area contributed by atoms with Crippen molar-refractivity contribution in [2.24, 2.45) is 5.73 Å². The molecule has 1 aliphatic heterocycles. The third kappa shape index (κ3) is 2.34. The summed E-state index contributed by atoms with van der Waals surface area (Å²) >= 11 is 0. The number of benzene rings is 2. The molecule has 2 aromatic carbocycles. The molecule has 0 saturated carbocycles. The van der Waals surface area contributed by atoms with E-state index in [0.29, 0.717) is 5.06 Å². The predicted octanol–water partition coefficient (Wildman–Crippen LogP) is 1.15. The van der Waals surface area contributed by atoms with E-state index in [1.807, 2.05) is 0 Å². The molecule has 3 amide bonds. The fraction of sp³-hybridized carbons (Fsp3) is 0. The van der Waals surface area contributed by atoms with Gasteiger partial charge in [0, 0.05) is 0 Å². The van der Waals surface area contributed by atoms with Gasteiger partial charge in [0.15, 0.2) is 0 Å².